The lowest BCUT2D eigenvalue weighted by atomic mass is 10.2. The molecule has 0 aliphatic rings. The number of nitrogens with zero attached hydrogens (tertiary/aromatic N) is 2. The van der Waals surface area contributed by atoms with E-state index >= 15 is 0 Å². The first-order valence-electron chi connectivity index (χ1n) is 5.26. The van der Waals surface area contributed by atoms with Crippen LogP contribution < -0.4 is 10.1 Å². The maximum atomic E-state index is 5.11. The van der Waals surface area contributed by atoms with Gasteiger partial charge in [0, 0.05) is 11.0 Å². The van der Waals surface area contributed by atoms with E-state index in [2.05, 4.69) is 38.5 Å². The van der Waals surface area contributed by atoms with Crippen molar-refractivity contribution in [1.29, 1.82) is 0 Å². The molecule has 0 unspecified atom stereocenters. The highest BCUT2D eigenvalue weighted by Crippen LogP contribution is 2.23. The maximum absolute atomic E-state index is 5.11. The normalized spacial score (nSPS) is 10.5. The Morgan fingerprint density at radius 1 is 1.47 bits per heavy atom. The Hall–Kier alpha value is -1.33. The molecule has 90 valence electrons. The van der Waals surface area contributed by atoms with E-state index in [1.165, 1.54) is 5.56 Å². The molecule has 5 heteroatoms. The van der Waals surface area contributed by atoms with Crippen molar-refractivity contribution >= 4 is 15.9 Å². The zero-order valence-electron chi connectivity index (χ0n) is 9.77. The van der Waals surface area contributed by atoms with E-state index in [1.54, 1.807) is 18.0 Å². The summed E-state index contributed by atoms with van der Waals surface area (Å²) < 4.78 is 7.90. The SMILES string of the molecule is CNCc1ccc(-n2cc(OC)cn2)c(Br)c1. The largest absolute Gasteiger partial charge is 0.493 e. The standard InChI is InChI=1S/C12H14BrN3O/c1-14-6-9-3-4-12(11(13)5-9)16-8-10(17-2)7-15-16/h3-5,7-8,14H,6H2,1-2H3. The van der Waals surface area contributed by atoms with Crippen LogP contribution in [-0.4, -0.2) is 23.9 Å². The summed E-state index contributed by atoms with van der Waals surface area (Å²) in [5.74, 6) is 0.746. The fraction of sp³-hybridized carbons (Fsp3) is 0.250. The van der Waals surface area contributed by atoms with E-state index in [0.29, 0.717) is 0 Å². The van der Waals surface area contributed by atoms with E-state index in [9.17, 15) is 0 Å². The minimum atomic E-state index is 0.746. The minimum Gasteiger partial charge on any atom is -0.493 e. The summed E-state index contributed by atoms with van der Waals surface area (Å²) in [5.41, 5.74) is 2.22. The topological polar surface area (TPSA) is 39.1 Å². The molecule has 0 aliphatic heterocycles. The van der Waals surface area contributed by atoms with Gasteiger partial charge in [0.2, 0.25) is 0 Å². The van der Waals surface area contributed by atoms with Gasteiger partial charge in [0.05, 0.1) is 25.2 Å². The summed E-state index contributed by atoms with van der Waals surface area (Å²) in [6, 6.07) is 6.19. The molecule has 0 spiro atoms. The van der Waals surface area contributed by atoms with Crippen LogP contribution in [0.15, 0.2) is 35.1 Å². The van der Waals surface area contributed by atoms with Crippen LogP contribution in [0.25, 0.3) is 5.69 Å². The van der Waals surface area contributed by atoms with Gasteiger partial charge in [-0.05, 0) is 40.7 Å². The Bertz CT molecular complexity index is 510. The van der Waals surface area contributed by atoms with Crippen molar-refractivity contribution in [1.82, 2.24) is 15.1 Å². The third kappa shape index (κ3) is 2.68. The third-order valence-corrected chi connectivity index (χ3v) is 3.07. The Labute approximate surface area is 109 Å². The van der Waals surface area contributed by atoms with Gasteiger partial charge in [0.25, 0.3) is 0 Å². The van der Waals surface area contributed by atoms with Crippen molar-refractivity contribution in [3.63, 3.8) is 0 Å². The Morgan fingerprint density at radius 2 is 2.29 bits per heavy atom. The van der Waals surface area contributed by atoms with Crippen molar-refractivity contribution in [3.8, 4) is 11.4 Å². The van der Waals surface area contributed by atoms with Gasteiger partial charge in [-0.2, -0.15) is 5.10 Å². The smallest absolute Gasteiger partial charge is 0.157 e. The van der Waals surface area contributed by atoms with Gasteiger partial charge in [-0.25, -0.2) is 4.68 Å². The first kappa shape index (κ1) is 12.1. The van der Waals surface area contributed by atoms with Gasteiger partial charge in [-0.15, -0.1) is 0 Å². The molecule has 17 heavy (non-hydrogen) atoms. The van der Waals surface area contributed by atoms with Gasteiger partial charge < -0.3 is 10.1 Å². The molecule has 0 saturated heterocycles. The second-order valence-corrected chi connectivity index (χ2v) is 4.50. The molecular formula is C12H14BrN3O. The summed E-state index contributed by atoms with van der Waals surface area (Å²) >= 11 is 3.56. The molecule has 0 atom stereocenters. The molecule has 0 fully saturated rings. The fourth-order valence-electron chi connectivity index (χ4n) is 1.59. The predicted molar refractivity (Wildman–Crippen MR) is 70.6 cm³/mol. The van der Waals surface area contributed by atoms with E-state index in [4.69, 9.17) is 4.74 Å². The predicted octanol–water partition coefficient (Wildman–Crippen LogP) is 2.36. The second-order valence-electron chi connectivity index (χ2n) is 3.64. The van der Waals surface area contributed by atoms with Crippen LogP contribution in [0.1, 0.15) is 5.56 Å². The molecule has 0 bridgehead atoms. The van der Waals surface area contributed by atoms with Crippen LogP contribution in [0.2, 0.25) is 0 Å². The average Bonchev–Trinajstić information content (AvgIpc) is 2.78. The first-order valence-corrected chi connectivity index (χ1v) is 6.06. The summed E-state index contributed by atoms with van der Waals surface area (Å²) in [6.07, 6.45) is 3.53. The van der Waals surface area contributed by atoms with Crippen molar-refractivity contribution in [2.75, 3.05) is 14.2 Å². The molecule has 1 aromatic carbocycles. The quantitative estimate of drug-likeness (QED) is 0.941. The van der Waals surface area contributed by atoms with Crippen LogP contribution in [0.5, 0.6) is 5.75 Å². The lowest BCUT2D eigenvalue weighted by molar-refractivity contribution is 0.414. The number of rotatable bonds is 4. The summed E-state index contributed by atoms with van der Waals surface area (Å²) in [7, 11) is 3.56. The molecule has 0 amide bonds. The number of aromatic nitrogens is 2. The highest BCUT2D eigenvalue weighted by Gasteiger charge is 2.05. The molecule has 0 aliphatic carbocycles. The Kier molecular flexibility index (Phi) is 3.81. The summed E-state index contributed by atoms with van der Waals surface area (Å²) in [4.78, 5) is 0. The van der Waals surface area contributed by atoms with E-state index in [-0.39, 0.29) is 0 Å². The van der Waals surface area contributed by atoms with Crippen LogP contribution in [0.3, 0.4) is 0 Å². The number of hydrogen-bond donors (Lipinski definition) is 1. The highest BCUT2D eigenvalue weighted by molar-refractivity contribution is 9.10. The molecule has 0 saturated carbocycles. The van der Waals surface area contributed by atoms with E-state index in [1.807, 2.05) is 19.3 Å². The summed E-state index contributed by atoms with van der Waals surface area (Å²) in [6.45, 7) is 0.849. The molecule has 1 N–H and O–H groups in total. The average molecular weight is 296 g/mol. The highest BCUT2D eigenvalue weighted by atomic mass is 79.9. The fourth-order valence-corrected chi connectivity index (χ4v) is 2.20. The zero-order valence-corrected chi connectivity index (χ0v) is 11.4. The third-order valence-electron chi connectivity index (χ3n) is 2.43. The van der Waals surface area contributed by atoms with E-state index < -0.39 is 0 Å². The number of nitrogens with one attached hydrogen (secondary N) is 1. The molecule has 2 aromatic rings. The molecular weight excluding hydrogens is 282 g/mol. The molecule has 1 heterocycles. The van der Waals surface area contributed by atoms with Crippen molar-refractivity contribution < 1.29 is 4.74 Å². The van der Waals surface area contributed by atoms with Gasteiger partial charge in [0.1, 0.15) is 0 Å². The zero-order chi connectivity index (χ0) is 12.3. The van der Waals surface area contributed by atoms with Gasteiger partial charge >= 0.3 is 0 Å². The Morgan fingerprint density at radius 3 is 2.88 bits per heavy atom. The molecule has 1 aromatic heterocycles. The number of ether oxygens (including phenoxy) is 1. The van der Waals surface area contributed by atoms with Crippen molar-refractivity contribution in [3.05, 3.63) is 40.6 Å². The summed E-state index contributed by atoms with van der Waals surface area (Å²) in [5, 5.41) is 7.36. The van der Waals surface area contributed by atoms with Crippen LogP contribution in [-0.2, 0) is 6.54 Å². The van der Waals surface area contributed by atoms with Crippen molar-refractivity contribution in [2.45, 2.75) is 6.54 Å². The Balaban J connectivity index is 2.32. The van der Waals surface area contributed by atoms with Crippen LogP contribution in [0, 0.1) is 0 Å². The monoisotopic (exact) mass is 295 g/mol. The van der Waals surface area contributed by atoms with Gasteiger partial charge in [-0.1, -0.05) is 6.07 Å². The molecule has 4 nitrogen and oxygen atoms in total. The lowest BCUT2D eigenvalue weighted by Gasteiger charge is -2.07. The van der Waals surface area contributed by atoms with Crippen molar-refractivity contribution in [2.24, 2.45) is 0 Å². The van der Waals surface area contributed by atoms with Gasteiger partial charge in [0.15, 0.2) is 5.75 Å². The second kappa shape index (κ2) is 5.33. The molecule has 2 rings (SSSR count). The minimum absolute atomic E-state index is 0.746. The van der Waals surface area contributed by atoms with Crippen LogP contribution in [0.4, 0.5) is 0 Å². The first-order chi connectivity index (χ1) is 8.24. The number of methoxy groups -OCH3 is 1. The number of halogens is 1. The number of benzene rings is 1. The molecule has 0 radical (unpaired) electrons. The van der Waals surface area contributed by atoms with Crippen LogP contribution >= 0.6 is 15.9 Å². The number of hydrogen-bond acceptors (Lipinski definition) is 3. The lowest BCUT2D eigenvalue weighted by Crippen LogP contribution is -2.05. The maximum Gasteiger partial charge on any atom is 0.157 e. The van der Waals surface area contributed by atoms with Gasteiger partial charge in [-0.3, -0.25) is 0 Å². The van der Waals surface area contributed by atoms with E-state index in [0.717, 1.165) is 22.5 Å².